The van der Waals surface area contributed by atoms with Crippen LogP contribution in [0.15, 0.2) is 30.5 Å². The van der Waals surface area contributed by atoms with E-state index in [4.69, 9.17) is 14.2 Å². The van der Waals surface area contributed by atoms with Crippen molar-refractivity contribution in [3.8, 4) is 0 Å². The van der Waals surface area contributed by atoms with Gasteiger partial charge in [-0.2, -0.15) is 0 Å². The number of hydrogen-bond donors (Lipinski definition) is 0. The number of carbonyl (C=O) groups is 3. The number of hydrogen-bond acceptors (Lipinski definition) is 6. The molecule has 7 nitrogen and oxygen atoms in total. The second-order valence-electron chi connectivity index (χ2n) is 11.1. The maximum Gasteiger partial charge on any atom is 0.418 e. The van der Waals surface area contributed by atoms with Crippen molar-refractivity contribution < 1.29 is 28.6 Å². The predicted molar refractivity (Wildman–Crippen MR) is 133 cm³/mol. The van der Waals surface area contributed by atoms with Gasteiger partial charge in [-0.3, -0.25) is 4.57 Å². The maximum absolute atomic E-state index is 13.1. The second-order valence-corrected chi connectivity index (χ2v) is 13.9. The molecule has 2 heterocycles. The summed E-state index contributed by atoms with van der Waals surface area (Å²) in [5, 5.41) is 0.846. The number of ether oxygens (including phenoxy) is 3. The predicted octanol–water partition coefficient (Wildman–Crippen LogP) is 4.99. The third-order valence-electron chi connectivity index (χ3n) is 7.59. The van der Waals surface area contributed by atoms with Crippen molar-refractivity contribution in [1.82, 2.24) is 4.57 Å². The zero-order chi connectivity index (χ0) is 23.8. The minimum absolute atomic E-state index is 0.139. The molecule has 0 N–H and O–H groups in total. The number of carbonyl (C=O) groups excluding carboxylic acids is 3. The zero-order valence-corrected chi connectivity index (χ0v) is 21.7. The summed E-state index contributed by atoms with van der Waals surface area (Å²) in [5.74, 6) is -0.388. The lowest BCUT2D eigenvalue weighted by atomic mass is 9.53. The highest BCUT2D eigenvalue weighted by molar-refractivity contribution is 14.2. The maximum atomic E-state index is 13.1. The van der Waals surface area contributed by atoms with E-state index in [1.165, 1.54) is 11.0 Å². The molecule has 1 spiro atoms. The average molecular weight is 577 g/mol. The van der Waals surface area contributed by atoms with Crippen molar-refractivity contribution >= 4 is 53.2 Å². The van der Waals surface area contributed by atoms with Gasteiger partial charge in [0.15, 0.2) is 3.51 Å². The van der Waals surface area contributed by atoms with Gasteiger partial charge in [0.05, 0.1) is 5.52 Å². The molecular weight excluding hydrogens is 549 g/mol. The summed E-state index contributed by atoms with van der Waals surface area (Å²) >= 11 is -1.09. The first-order valence-electron chi connectivity index (χ1n) is 11.9. The highest BCUT2D eigenvalue weighted by atomic mass is 127. The van der Waals surface area contributed by atoms with Crippen LogP contribution < -0.4 is 0 Å². The van der Waals surface area contributed by atoms with E-state index < -0.39 is 50.2 Å². The van der Waals surface area contributed by atoms with E-state index in [0.717, 1.165) is 34.6 Å². The van der Waals surface area contributed by atoms with Crippen LogP contribution >= 0.6 is 20.7 Å². The van der Waals surface area contributed by atoms with E-state index in [-0.39, 0.29) is 15.3 Å². The standard InChI is InChI=1S/C26H28INO6/c1-25(2,3)34-24(31)28-7-6-16-13-19(4-5-20(16)28)27-21-22(29)32-26(33-23(21)30)17-9-14-8-15(11-17)12-18(26)10-14/h4-7,13-15,17-18H,8-12H2,1-3H3. The molecule has 7 rings (SSSR count). The van der Waals surface area contributed by atoms with Gasteiger partial charge in [-0.1, -0.05) is 20.7 Å². The number of fused-ring (bicyclic) bond motifs is 1. The summed E-state index contributed by atoms with van der Waals surface area (Å²) in [6.07, 6.45) is 6.46. The Morgan fingerprint density at radius 3 is 2.21 bits per heavy atom. The van der Waals surface area contributed by atoms with Crippen LogP contribution in [0, 0.1) is 27.2 Å². The molecule has 34 heavy (non-hydrogen) atoms. The number of halogens is 1. The monoisotopic (exact) mass is 577 g/mol. The van der Waals surface area contributed by atoms with Crippen molar-refractivity contribution in [2.45, 2.75) is 64.3 Å². The highest BCUT2D eigenvalue weighted by Crippen LogP contribution is 2.60. The first-order chi connectivity index (χ1) is 16.1. The van der Waals surface area contributed by atoms with E-state index in [1.807, 2.05) is 45.0 Å². The van der Waals surface area contributed by atoms with Crippen LogP contribution in [-0.4, -0.2) is 37.5 Å². The van der Waals surface area contributed by atoms with Crippen molar-refractivity contribution in [3.05, 3.63) is 34.0 Å². The Labute approximate surface area is 207 Å². The number of aromatic nitrogens is 1. The van der Waals surface area contributed by atoms with Gasteiger partial charge in [-0.25, -0.2) is 14.4 Å². The molecule has 8 heteroatoms. The van der Waals surface area contributed by atoms with Crippen LogP contribution in [0.4, 0.5) is 4.79 Å². The first kappa shape index (κ1) is 22.2. The van der Waals surface area contributed by atoms with Crippen molar-refractivity contribution in [2.24, 2.45) is 23.7 Å². The summed E-state index contributed by atoms with van der Waals surface area (Å²) in [7, 11) is 0. The topological polar surface area (TPSA) is 83.8 Å². The van der Waals surface area contributed by atoms with Crippen LogP contribution in [0.5, 0.6) is 0 Å². The molecule has 1 saturated heterocycles. The fraction of sp³-hybridized carbons (Fsp3) is 0.538. The molecule has 0 radical (unpaired) electrons. The second kappa shape index (κ2) is 7.63. The molecule has 0 atom stereocenters. The van der Waals surface area contributed by atoms with E-state index in [2.05, 4.69) is 0 Å². The Morgan fingerprint density at radius 1 is 1.00 bits per heavy atom. The number of nitrogens with zero attached hydrogens (tertiary/aromatic N) is 1. The summed E-state index contributed by atoms with van der Waals surface area (Å²) in [6.45, 7) is 5.48. The fourth-order valence-electron chi connectivity index (χ4n) is 6.49. The van der Waals surface area contributed by atoms with Crippen LogP contribution in [0.3, 0.4) is 0 Å². The average Bonchev–Trinajstić information content (AvgIpc) is 3.16. The molecule has 4 saturated carbocycles. The van der Waals surface area contributed by atoms with Crippen LogP contribution in [-0.2, 0) is 23.8 Å². The molecule has 1 aliphatic heterocycles. The third kappa shape index (κ3) is 3.60. The van der Waals surface area contributed by atoms with E-state index in [9.17, 15) is 14.4 Å². The van der Waals surface area contributed by atoms with Gasteiger partial charge in [0, 0.05) is 27.0 Å². The Balaban J connectivity index is 1.26. The van der Waals surface area contributed by atoms with E-state index >= 15 is 0 Å². The van der Waals surface area contributed by atoms with Crippen molar-refractivity contribution in [1.29, 1.82) is 0 Å². The van der Waals surface area contributed by atoms with Gasteiger partial charge in [0.2, 0.25) is 0 Å². The molecule has 4 aliphatic carbocycles. The third-order valence-corrected chi connectivity index (χ3v) is 10.3. The lowest BCUT2D eigenvalue weighted by Gasteiger charge is -2.59. The number of rotatable bonds is 1. The zero-order valence-electron chi connectivity index (χ0n) is 19.5. The Bertz CT molecular complexity index is 1200. The molecule has 5 fully saturated rings. The SMILES string of the molecule is CC(C)(C)OC(=O)n1ccc2cc(I=C3C(=O)OC4(OC3=O)C3CC5CC(C3)CC4C5)ccc21. The normalized spacial score (nSPS) is 32.3. The molecule has 180 valence electrons. The Morgan fingerprint density at radius 2 is 1.62 bits per heavy atom. The van der Waals surface area contributed by atoms with Gasteiger partial charge < -0.3 is 14.2 Å². The molecule has 0 unspecified atom stereocenters. The van der Waals surface area contributed by atoms with Crippen LogP contribution in [0.1, 0.15) is 52.9 Å². The summed E-state index contributed by atoms with van der Waals surface area (Å²) in [6, 6.07) is 7.44. The number of esters is 2. The van der Waals surface area contributed by atoms with Gasteiger partial charge >= 0.3 is 18.0 Å². The molecule has 1 aromatic heterocycles. The molecule has 1 aromatic carbocycles. The van der Waals surface area contributed by atoms with E-state index in [1.54, 1.807) is 6.20 Å². The highest BCUT2D eigenvalue weighted by Gasteiger charge is 2.64. The van der Waals surface area contributed by atoms with E-state index in [0.29, 0.717) is 17.4 Å². The van der Waals surface area contributed by atoms with Crippen LogP contribution in [0.25, 0.3) is 10.9 Å². The summed E-state index contributed by atoms with van der Waals surface area (Å²) in [4.78, 5) is 38.7. The lowest BCUT2D eigenvalue weighted by Crippen LogP contribution is -2.65. The smallest absolute Gasteiger partial charge is 0.418 e. The van der Waals surface area contributed by atoms with Gasteiger partial charge in [0.25, 0.3) is 5.79 Å². The van der Waals surface area contributed by atoms with Crippen molar-refractivity contribution in [3.63, 3.8) is 0 Å². The van der Waals surface area contributed by atoms with Gasteiger partial charge in [-0.15, -0.1) is 0 Å². The molecule has 4 bridgehead atoms. The first-order valence-corrected chi connectivity index (χ1v) is 14.1. The van der Waals surface area contributed by atoms with Gasteiger partial charge in [-0.05, 0) is 89.0 Å². The minimum atomic E-state index is -1.09. The lowest BCUT2D eigenvalue weighted by molar-refractivity contribution is -0.308. The largest absolute Gasteiger partial charge is 0.443 e. The minimum Gasteiger partial charge on any atom is -0.443 e. The summed E-state index contributed by atoms with van der Waals surface area (Å²) < 4.78 is 20.0. The van der Waals surface area contributed by atoms with Crippen molar-refractivity contribution in [2.75, 3.05) is 0 Å². The quantitative estimate of drug-likeness (QED) is 0.351. The Kier molecular flexibility index (Phi) is 4.99. The number of benzene rings is 1. The fourth-order valence-corrected chi connectivity index (χ4v) is 8.62. The molecule has 0 amide bonds. The summed E-state index contributed by atoms with van der Waals surface area (Å²) in [5.41, 5.74) is 0.125. The molecule has 2 aromatic rings. The molecular formula is C26H28INO6. The van der Waals surface area contributed by atoms with Gasteiger partial charge in [0.1, 0.15) is 5.60 Å². The van der Waals surface area contributed by atoms with Crippen LogP contribution in [0.2, 0.25) is 0 Å². The molecule has 5 aliphatic rings. The Hall–Kier alpha value is -2.23.